The fourth-order valence-corrected chi connectivity index (χ4v) is 19.2. The van der Waals surface area contributed by atoms with E-state index in [1.54, 1.807) is 36.5 Å². The Kier molecular flexibility index (Phi) is 26.7. The van der Waals surface area contributed by atoms with E-state index in [2.05, 4.69) is 437 Å². The fourth-order valence-electron chi connectivity index (χ4n) is 19.2. The maximum atomic E-state index is 13.0. The molecule has 1 aromatic heterocycles. The van der Waals surface area contributed by atoms with E-state index >= 15 is 0 Å². The molecule has 666 valence electrons. The van der Waals surface area contributed by atoms with Crippen molar-refractivity contribution in [2.75, 3.05) is 19.6 Å². The van der Waals surface area contributed by atoms with E-state index in [4.69, 9.17) is 9.78 Å². The standard InChI is InChI=1S/C127H115N5O3/c1-8-12-17-92-27-58-108(59-28-92)129(107-56-24-90(6)25-57-107)112-66-35-96(36-67-112)97-37-68-113(69-38-97)130(109-60-29-93(30-61-109)18-13-9-2)114-70-39-98(40-71-114)99-41-72-115(73-42-99)131(110-62-31-94(32-63-110)19-14-10-3)116-74-43-100(44-75-116)101-45-76-117(77-46-101)132(111-64-33-95(34-65-111)20-15-11-4)118-78-47-102(48-79-118)104-51-85-122-121-84-26-91(7)87-123(121)127(124(122)88-104,105-52-22-89(5)23-53-105)106-54-82-120(83-55-106)135-134-119-80-49-103(50-81-119)126(133)125-21-16-86-128-125/h16,21-88,128H,8-15,17-20H2,1-7H3. The number of aromatic amines is 1. The zero-order valence-corrected chi connectivity index (χ0v) is 78.3. The molecule has 1 heterocycles. The van der Waals surface area contributed by atoms with Crippen molar-refractivity contribution in [3.63, 3.8) is 0 Å². The van der Waals surface area contributed by atoms with E-state index in [0.717, 1.165) is 171 Å². The number of benzene rings is 17. The molecule has 1 aliphatic carbocycles. The number of ketones is 1. The number of carbonyl (C=O) groups excluding carboxylic acids is 1. The van der Waals surface area contributed by atoms with Gasteiger partial charge in [-0.25, -0.2) is 0 Å². The summed E-state index contributed by atoms with van der Waals surface area (Å²) >= 11 is 0. The lowest BCUT2D eigenvalue weighted by molar-refractivity contribution is -0.0999. The third-order valence-electron chi connectivity index (χ3n) is 26.8. The van der Waals surface area contributed by atoms with E-state index in [9.17, 15) is 4.79 Å². The van der Waals surface area contributed by atoms with Crippen molar-refractivity contribution in [1.82, 2.24) is 4.98 Å². The highest BCUT2D eigenvalue weighted by atomic mass is 17.2. The molecule has 18 aromatic rings. The number of carbonyl (C=O) groups is 1. The molecule has 1 aliphatic rings. The Morgan fingerprint density at radius 2 is 0.504 bits per heavy atom. The summed E-state index contributed by atoms with van der Waals surface area (Å²) in [4.78, 5) is 37.4. The molecule has 0 saturated carbocycles. The summed E-state index contributed by atoms with van der Waals surface area (Å²) in [7, 11) is 0. The number of aromatic nitrogens is 1. The second-order valence-corrected chi connectivity index (χ2v) is 36.1. The minimum absolute atomic E-state index is 0.0916. The number of rotatable bonds is 35. The van der Waals surface area contributed by atoms with Gasteiger partial charge >= 0.3 is 0 Å². The van der Waals surface area contributed by atoms with Crippen LogP contribution in [-0.4, -0.2) is 10.8 Å². The van der Waals surface area contributed by atoms with Gasteiger partial charge in [-0.15, -0.1) is 0 Å². The van der Waals surface area contributed by atoms with Crippen molar-refractivity contribution in [2.24, 2.45) is 0 Å². The number of unbranched alkanes of at least 4 members (excludes halogenated alkanes) is 4. The molecule has 1 unspecified atom stereocenters. The first-order valence-electron chi connectivity index (χ1n) is 48.2. The number of aryl methyl sites for hydroxylation is 7. The first-order valence-corrected chi connectivity index (χ1v) is 48.2. The van der Waals surface area contributed by atoms with Crippen LogP contribution in [0.4, 0.5) is 68.2 Å². The maximum Gasteiger partial charge on any atom is 0.209 e. The number of H-pyrrole nitrogens is 1. The predicted octanol–water partition coefficient (Wildman–Crippen LogP) is 34.8. The minimum atomic E-state index is -0.682. The number of nitrogens with one attached hydrogen (secondary N) is 1. The van der Waals surface area contributed by atoms with Crippen LogP contribution in [0.5, 0.6) is 11.5 Å². The zero-order valence-electron chi connectivity index (χ0n) is 78.3. The summed E-state index contributed by atoms with van der Waals surface area (Å²) in [6.07, 6.45) is 15.3. The van der Waals surface area contributed by atoms with Gasteiger partial charge in [0.25, 0.3) is 0 Å². The number of nitrogens with zero attached hydrogens (tertiary/aromatic N) is 4. The molecule has 8 heteroatoms. The Balaban J connectivity index is 0.581. The van der Waals surface area contributed by atoms with Crippen LogP contribution >= 0.6 is 0 Å². The van der Waals surface area contributed by atoms with E-state index in [-0.39, 0.29) is 5.78 Å². The van der Waals surface area contributed by atoms with Crippen LogP contribution in [0.25, 0.3) is 55.6 Å². The van der Waals surface area contributed by atoms with Gasteiger partial charge in [0.15, 0.2) is 11.5 Å². The second kappa shape index (κ2) is 40.7. The smallest absolute Gasteiger partial charge is 0.209 e. The summed E-state index contributed by atoms with van der Waals surface area (Å²) < 4.78 is 0. The lowest BCUT2D eigenvalue weighted by atomic mass is 9.67. The van der Waals surface area contributed by atoms with Gasteiger partial charge in [-0.05, 0) is 372 Å². The Bertz CT molecular complexity index is 7010. The van der Waals surface area contributed by atoms with Gasteiger partial charge in [0.1, 0.15) is 0 Å². The van der Waals surface area contributed by atoms with Gasteiger partial charge < -0.3 is 24.6 Å². The largest absolute Gasteiger partial charge is 0.359 e. The van der Waals surface area contributed by atoms with Crippen LogP contribution in [0.1, 0.15) is 156 Å². The second-order valence-electron chi connectivity index (χ2n) is 36.1. The van der Waals surface area contributed by atoms with Crippen LogP contribution < -0.4 is 29.4 Å². The molecule has 0 bridgehead atoms. The lowest BCUT2D eigenvalue weighted by Crippen LogP contribution is -2.28. The van der Waals surface area contributed by atoms with Crippen molar-refractivity contribution < 1.29 is 14.6 Å². The zero-order chi connectivity index (χ0) is 92.1. The van der Waals surface area contributed by atoms with Crippen molar-refractivity contribution in [1.29, 1.82) is 0 Å². The van der Waals surface area contributed by atoms with Crippen molar-refractivity contribution in [3.8, 4) is 67.1 Å². The average molecular weight is 1760 g/mol. The van der Waals surface area contributed by atoms with Gasteiger partial charge in [0.2, 0.25) is 5.78 Å². The fraction of sp³-hybridized carbons (Fsp3) is 0.157. The Labute approximate surface area is 797 Å². The third kappa shape index (κ3) is 19.3. The molecule has 135 heavy (non-hydrogen) atoms. The van der Waals surface area contributed by atoms with Crippen LogP contribution in [0, 0.1) is 20.8 Å². The van der Waals surface area contributed by atoms with Gasteiger partial charge in [0, 0.05) is 80.0 Å². The first-order chi connectivity index (χ1) is 66.3. The maximum absolute atomic E-state index is 13.0. The first kappa shape index (κ1) is 88.7. The van der Waals surface area contributed by atoms with Gasteiger partial charge in [-0.1, -0.05) is 282 Å². The van der Waals surface area contributed by atoms with Crippen LogP contribution in [-0.2, 0) is 31.1 Å². The van der Waals surface area contributed by atoms with E-state index in [1.807, 2.05) is 18.2 Å². The molecule has 0 radical (unpaired) electrons. The Hall–Kier alpha value is -15.5. The normalized spacial score (nSPS) is 12.5. The highest BCUT2D eigenvalue weighted by Gasteiger charge is 2.47. The summed E-state index contributed by atoms with van der Waals surface area (Å²) in [5.74, 6) is 0.938. The molecule has 17 aromatic carbocycles. The molecule has 0 saturated heterocycles. The topological polar surface area (TPSA) is 64.3 Å². The highest BCUT2D eigenvalue weighted by Crippen LogP contribution is 2.58. The third-order valence-corrected chi connectivity index (χ3v) is 26.8. The molecular formula is C127H115N5O3. The van der Waals surface area contributed by atoms with Crippen molar-refractivity contribution >= 4 is 74.0 Å². The molecule has 0 amide bonds. The van der Waals surface area contributed by atoms with E-state index in [0.29, 0.717) is 22.8 Å². The Morgan fingerprint density at radius 1 is 0.259 bits per heavy atom. The average Bonchev–Trinajstić information content (AvgIpc) is 1.53. The predicted molar refractivity (Wildman–Crippen MR) is 565 cm³/mol. The van der Waals surface area contributed by atoms with Gasteiger partial charge in [-0.2, -0.15) is 0 Å². The lowest BCUT2D eigenvalue weighted by Gasteiger charge is -2.34. The number of hydrogen-bond donors (Lipinski definition) is 1. The molecule has 19 rings (SSSR count). The summed E-state index contributed by atoms with van der Waals surface area (Å²) in [6.45, 7) is 15.5. The summed E-state index contributed by atoms with van der Waals surface area (Å²) in [6, 6.07) is 151. The summed E-state index contributed by atoms with van der Waals surface area (Å²) in [5.41, 5.74) is 38.9. The van der Waals surface area contributed by atoms with Gasteiger partial charge in [0.05, 0.1) is 11.1 Å². The van der Waals surface area contributed by atoms with E-state index in [1.165, 1.54) is 91.6 Å². The molecular weight excluding hydrogens is 1640 g/mol. The Morgan fingerprint density at radius 3 is 0.800 bits per heavy atom. The number of anilines is 12. The molecule has 0 spiro atoms. The molecule has 1 atom stereocenters. The van der Waals surface area contributed by atoms with Crippen LogP contribution in [0.15, 0.2) is 419 Å². The SMILES string of the molecule is CCCCc1ccc(N(c2ccc(C)cc2)c2ccc(-c3ccc(N(c4ccc(CCCC)cc4)c4ccc(-c5ccc(N(c6ccc(CCCC)cc6)c6ccc(-c7ccc(N(c8ccc(CCCC)cc8)c8ccc(-c9ccc%10c(c9)C(c9ccc(C)cc9)(c9ccc(OOc%11ccc(C(=O)c%12ccc[nH]%12)cc%11)cc9)c9cc(C)ccc9-%10)cc8)cc7)cc6)cc5)cc4)cc3)cc2)cc1. The molecule has 8 nitrogen and oxygen atoms in total. The van der Waals surface area contributed by atoms with Crippen LogP contribution in [0.3, 0.4) is 0 Å². The number of hydrogen-bond acceptors (Lipinski definition) is 7. The van der Waals surface area contributed by atoms with Gasteiger partial charge in [-0.3, -0.25) is 14.6 Å². The molecule has 0 fully saturated rings. The quantitative estimate of drug-likeness (QED) is 0.0241. The van der Waals surface area contributed by atoms with E-state index < -0.39 is 5.41 Å². The van der Waals surface area contributed by atoms with Crippen LogP contribution in [0.2, 0.25) is 0 Å². The molecule has 1 N–H and O–H groups in total. The number of fused-ring (bicyclic) bond motifs is 3. The van der Waals surface area contributed by atoms with Crippen molar-refractivity contribution in [2.45, 2.75) is 131 Å². The monoisotopic (exact) mass is 1760 g/mol. The van der Waals surface area contributed by atoms with Crippen molar-refractivity contribution in [3.05, 3.63) is 491 Å². The highest BCUT2D eigenvalue weighted by molar-refractivity contribution is 6.08. The summed E-state index contributed by atoms with van der Waals surface area (Å²) in [5, 5.41) is 0. The minimum Gasteiger partial charge on any atom is -0.359 e. The molecule has 0 aliphatic heterocycles.